The average Bonchev–Trinajstić information content (AvgIpc) is 3.25. The maximum absolute atomic E-state index is 2.68. The van der Waals surface area contributed by atoms with Gasteiger partial charge in [0, 0.05) is 11.8 Å². The van der Waals surface area contributed by atoms with Gasteiger partial charge in [-0.1, -0.05) is 124 Å². The first-order valence-electron chi connectivity index (χ1n) is 11.7. The van der Waals surface area contributed by atoms with Crippen LogP contribution in [0.2, 0.25) is 39.3 Å². The summed E-state index contributed by atoms with van der Waals surface area (Å²) in [7, 11) is -2.71. The Morgan fingerprint density at radius 2 is 1.20 bits per heavy atom. The number of rotatable bonds is 6. The van der Waals surface area contributed by atoms with Crippen molar-refractivity contribution in [2.75, 3.05) is 0 Å². The zero-order chi connectivity index (χ0) is 21.7. The molecule has 0 fully saturated rings. The van der Waals surface area contributed by atoms with Crippen molar-refractivity contribution in [3.63, 3.8) is 0 Å². The van der Waals surface area contributed by atoms with Crippen LogP contribution in [0.3, 0.4) is 0 Å². The molecule has 3 atom stereocenters. The number of hydrogen-bond acceptors (Lipinski definition) is 0. The van der Waals surface area contributed by atoms with E-state index in [1.54, 1.807) is 32.6 Å². The van der Waals surface area contributed by atoms with Gasteiger partial charge in [-0.25, -0.2) is 0 Å². The van der Waals surface area contributed by atoms with Crippen LogP contribution in [0.4, 0.5) is 0 Å². The van der Waals surface area contributed by atoms with E-state index in [1.165, 1.54) is 12.8 Å². The summed E-state index contributed by atoms with van der Waals surface area (Å²) in [6, 6.07) is 18.5. The molecule has 4 rings (SSSR count). The minimum Gasteiger partial charge on any atom is -0.0771 e. The molecule has 2 aromatic rings. The number of allylic oxidation sites excluding steroid dienone is 2. The van der Waals surface area contributed by atoms with E-state index in [0.717, 1.165) is 0 Å². The first kappa shape index (κ1) is 21.6. The largest absolute Gasteiger partial charge is 0.0780 e. The molecule has 0 heterocycles. The van der Waals surface area contributed by atoms with Crippen molar-refractivity contribution in [3.05, 3.63) is 82.9 Å². The van der Waals surface area contributed by atoms with E-state index >= 15 is 0 Å². The molecule has 0 saturated carbocycles. The summed E-state index contributed by atoms with van der Waals surface area (Å²) in [5.74, 6) is 1.84. The average molecular weight is 431 g/mol. The SMILES string of the molecule is CCC(CC1C=C([Si](C)(C)C)c2ccccc21)C1C=C([Si](C)(C)C)c2ccccc21. The lowest BCUT2D eigenvalue weighted by Crippen LogP contribution is -2.21. The van der Waals surface area contributed by atoms with Crippen molar-refractivity contribution in [2.45, 2.75) is 70.9 Å². The van der Waals surface area contributed by atoms with Crippen LogP contribution in [0, 0.1) is 5.92 Å². The first-order chi connectivity index (χ1) is 14.1. The van der Waals surface area contributed by atoms with Gasteiger partial charge < -0.3 is 0 Å². The number of benzene rings is 2. The van der Waals surface area contributed by atoms with Gasteiger partial charge in [-0.15, -0.1) is 0 Å². The van der Waals surface area contributed by atoms with E-state index in [-0.39, 0.29) is 0 Å². The number of hydrogen-bond donors (Lipinski definition) is 0. The minimum atomic E-state index is -1.36. The lowest BCUT2D eigenvalue weighted by Gasteiger charge is -2.25. The summed E-state index contributed by atoms with van der Waals surface area (Å²) in [6.45, 7) is 17.4. The van der Waals surface area contributed by atoms with E-state index in [9.17, 15) is 0 Å². The highest BCUT2D eigenvalue weighted by Crippen LogP contribution is 2.49. The molecule has 2 heteroatoms. The zero-order valence-corrected chi connectivity index (χ0v) is 21.9. The molecule has 158 valence electrons. The second-order valence-electron chi connectivity index (χ2n) is 11.4. The van der Waals surface area contributed by atoms with Gasteiger partial charge in [0.25, 0.3) is 0 Å². The van der Waals surface area contributed by atoms with Crippen molar-refractivity contribution in [2.24, 2.45) is 5.92 Å². The van der Waals surface area contributed by atoms with Crippen LogP contribution in [-0.4, -0.2) is 16.1 Å². The Hall–Kier alpha value is -1.65. The molecule has 2 aromatic carbocycles. The lowest BCUT2D eigenvalue weighted by atomic mass is 9.79. The maximum Gasteiger partial charge on any atom is 0.0780 e. The molecule has 0 nitrogen and oxygen atoms in total. The van der Waals surface area contributed by atoms with Crippen LogP contribution in [0.25, 0.3) is 10.4 Å². The molecule has 0 spiro atoms. The van der Waals surface area contributed by atoms with Crippen LogP contribution >= 0.6 is 0 Å². The molecular weight excluding hydrogens is 392 g/mol. The lowest BCUT2D eigenvalue weighted by molar-refractivity contribution is 0.415. The Labute approximate surface area is 186 Å². The Bertz CT molecular complexity index is 998. The van der Waals surface area contributed by atoms with Crippen molar-refractivity contribution in [1.29, 1.82) is 0 Å². The molecule has 0 bridgehead atoms. The van der Waals surface area contributed by atoms with Gasteiger partial charge >= 0.3 is 0 Å². The summed E-state index contributed by atoms with van der Waals surface area (Å²) in [5, 5.41) is 3.34. The molecule has 0 N–H and O–H groups in total. The zero-order valence-electron chi connectivity index (χ0n) is 19.9. The van der Waals surface area contributed by atoms with Crippen LogP contribution in [0.5, 0.6) is 0 Å². The predicted octanol–water partition coefficient (Wildman–Crippen LogP) is 8.52. The van der Waals surface area contributed by atoms with Gasteiger partial charge in [-0.3, -0.25) is 0 Å². The monoisotopic (exact) mass is 430 g/mol. The summed E-state index contributed by atoms with van der Waals surface area (Å²) in [5.41, 5.74) is 6.25. The summed E-state index contributed by atoms with van der Waals surface area (Å²) >= 11 is 0. The third kappa shape index (κ3) is 3.85. The van der Waals surface area contributed by atoms with Gasteiger partial charge in [-0.05, 0) is 34.6 Å². The fourth-order valence-electron chi connectivity index (χ4n) is 5.62. The highest BCUT2D eigenvalue weighted by molar-refractivity contribution is 6.94. The standard InChI is InChI=1S/C28H38Si2/c1-8-20(26-19-28(30(5,6)7)25-16-12-10-14-23(25)26)17-21-18-27(29(2,3)4)24-15-11-9-13-22(21)24/h9-16,18-21,26H,8,17H2,1-7H3. The van der Waals surface area contributed by atoms with Crippen LogP contribution in [0.1, 0.15) is 53.9 Å². The molecule has 0 saturated heterocycles. The second-order valence-corrected chi connectivity index (χ2v) is 21.4. The molecule has 2 aliphatic carbocycles. The summed E-state index contributed by atoms with van der Waals surface area (Å²) in [4.78, 5) is 0. The van der Waals surface area contributed by atoms with Crippen molar-refractivity contribution >= 4 is 26.5 Å². The fourth-order valence-corrected chi connectivity index (χ4v) is 9.08. The van der Waals surface area contributed by atoms with Gasteiger partial charge in [0.2, 0.25) is 0 Å². The van der Waals surface area contributed by atoms with Crippen molar-refractivity contribution in [1.82, 2.24) is 0 Å². The molecule has 0 aromatic heterocycles. The third-order valence-corrected chi connectivity index (χ3v) is 11.3. The predicted molar refractivity (Wildman–Crippen MR) is 139 cm³/mol. The Kier molecular flexibility index (Phi) is 5.61. The highest BCUT2D eigenvalue weighted by atomic mass is 28.3. The van der Waals surface area contributed by atoms with Crippen LogP contribution < -0.4 is 0 Å². The Morgan fingerprint density at radius 1 is 0.700 bits per heavy atom. The van der Waals surface area contributed by atoms with E-state index in [1.807, 2.05) is 0 Å². The van der Waals surface area contributed by atoms with Crippen molar-refractivity contribution in [3.8, 4) is 0 Å². The van der Waals surface area contributed by atoms with Crippen LogP contribution in [-0.2, 0) is 0 Å². The Balaban J connectivity index is 1.70. The van der Waals surface area contributed by atoms with Gasteiger partial charge in [0.1, 0.15) is 0 Å². The number of fused-ring (bicyclic) bond motifs is 2. The van der Waals surface area contributed by atoms with E-state index in [4.69, 9.17) is 0 Å². The second kappa shape index (κ2) is 7.80. The molecule has 30 heavy (non-hydrogen) atoms. The molecule has 3 unspecified atom stereocenters. The smallest absolute Gasteiger partial charge is 0.0771 e. The highest BCUT2D eigenvalue weighted by Gasteiger charge is 2.37. The summed E-state index contributed by atoms with van der Waals surface area (Å²) < 4.78 is 0. The summed E-state index contributed by atoms with van der Waals surface area (Å²) in [6.07, 6.45) is 7.83. The van der Waals surface area contributed by atoms with E-state index < -0.39 is 16.1 Å². The quantitative estimate of drug-likeness (QED) is 0.403. The third-order valence-electron chi connectivity index (χ3n) is 7.18. The molecular formula is C28H38Si2. The van der Waals surface area contributed by atoms with Gasteiger partial charge in [-0.2, -0.15) is 0 Å². The van der Waals surface area contributed by atoms with Gasteiger partial charge in [0.15, 0.2) is 0 Å². The molecule has 0 aliphatic heterocycles. The van der Waals surface area contributed by atoms with E-state index in [2.05, 4.69) is 107 Å². The molecule has 0 amide bonds. The van der Waals surface area contributed by atoms with E-state index in [0.29, 0.717) is 17.8 Å². The van der Waals surface area contributed by atoms with Gasteiger partial charge in [0.05, 0.1) is 16.1 Å². The molecule has 0 radical (unpaired) electrons. The first-order valence-corrected chi connectivity index (χ1v) is 18.7. The maximum atomic E-state index is 2.68. The molecule has 2 aliphatic rings. The normalized spacial score (nSPS) is 21.7. The topological polar surface area (TPSA) is 0 Å². The fraction of sp³-hybridized carbons (Fsp3) is 0.429. The minimum absolute atomic E-state index is 0.573. The van der Waals surface area contributed by atoms with Crippen LogP contribution in [0.15, 0.2) is 60.7 Å². The Morgan fingerprint density at radius 3 is 1.77 bits per heavy atom. The van der Waals surface area contributed by atoms with Crippen molar-refractivity contribution < 1.29 is 0 Å².